The van der Waals surface area contributed by atoms with Gasteiger partial charge in [-0.05, 0) is 18.0 Å². The van der Waals surface area contributed by atoms with Gasteiger partial charge in [0.05, 0.1) is 4.73 Å². The quantitative estimate of drug-likeness (QED) is 0.448. The molecule has 1 aromatic heterocycles. The van der Waals surface area contributed by atoms with Crippen LogP contribution in [-0.2, 0) is 0 Å². The van der Waals surface area contributed by atoms with E-state index in [1.165, 1.54) is 18.8 Å². The average molecular weight is 175 g/mol. The molecular formula is C5H7N2O3S+. The van der Waals surface area contributed by atoms with E-state index in [0.717, 1.165) is 4.73 Å². The van der Waals surface area contributed by atoms with Gasteiger partial charge in [0.25, 0.3) is 0 Å². The van der Waals surface area contributed by atoms with Crippen LogP contribution in [0.25, 0.3) is 0 Å². The molecule has 0 atom stereocenters. The van der Waals surface area contributed by atoms with Gasteiger partial charge in [0.1, 0.15) is 0 Å². The third-order valence-corrected chi connectivity index (χ3v) is 1.80. The van der Waals surface area contributed by atoms with Crippen LogP contribution >= 0.6 is 11.8 Å². The van der Waals surface area contributed by atoms with E-state index >= 15 is 0 Å². The summed E-state index contributed by atoms with van der Waals surface area (Å²) in [6.45, 7) is 0. The lowest BCUT2D eigenvalue weighted by atomic mass is 11.1. The van der Waals surface area contributed by atoms with E-state index in [9.17, 15) is 9.59 Å². The fraction of sp³-hybridized carbons (Fsp3) is 0.400. The molecule has 1 amide bonds. The molecule has 5 nitrogen and oxygen atoms in total. The predicted octanol–water partition coefficient (Wildman–Crippen LogP) is -1.30. The van der Waals surface area contributed by atoms with Gasteiger partial charge >= 0.3 is 16.7 Å². The van der Waals surface area contributed by atoms with E-state index in [2.05, 4.69) is 10.2 Å². The summed E-state index contributed by atoms with van der Waals surface area (Å²) in [5, 5.41) is 2.68. The van der Waals surface area contributed by atoms with E-state index < -0.39 is 6.09 Å². The molecule has 0 radical (unpaired) electrons. The predicted molar refractivity (Wildman–Crippen MR) is 38.1 cm³/mol. The van der Waals surface area contributed by atoms with Crippen LogP contribution in [0.3, 0.4) is 0 Å². The van der Waals surface area contributed by atoms with Crippen molar-refractivity contribution >= 4 is 17.9 Å². The maximum Gasteiger partial charge on any atom is 0.545 e. The monoisotopic (exact) mass is 175 g/mol. The van der Waals surface area contributed by atoms with Crippen molar-refractivity contribution in [3.8, 4) is 0 Å². The highest BCUT2D eigenvalue weighted by atomic mass is 32.2. The molecule has 0 unspecified atom stereocenters. The summed E-state index contributed by atoms with van der Waals surface area (Å²) in [7, 11) is 1.43. The number of rotatable bonds is 2. The minimum absolute atomic E-state index is 0.249. The Bertz CT molecular complexity index is 289. The van der Waals surface area contributed by atoms with Crippen molar-refractivity contribution in [1.82, 2.24) is 5.32 Å². The van der Waals surface area contributed by atoms with Crippen LogP contribution in [0.15, 0.2) is 9.82 Å². The zero-order valence-corrected chi connectivity index (χ0v) is 6.90. The van der Waals surface area contributed by atoms with E-state index in [1.54, 1.807) is 6.26 Å². The number of carbonyl (C=O) groups excluding carboxylic acids is 1. The summed E-state index contributed by atoms with van der Waals surface area (Å²) >= 11 is 1.25. The van der Waals surface area contributed by atoms with Crippen molar-refractivity contribution in [3.63, 3.8) is 0 Å². The van der Waals surface area contributed by atoms with Crippen molar-refractivity contribution in [2.24, 2.45) is 0 Å². The van der Waals surface area contributed by atoms with Gasteiger partial charge in [-0.25, -0.2) is 9.59 Å². The van der Waals surface area contributed by atoms with Gasteiger partial charge in [-0.3, -0.25) is 0 Å². The minimum Gasteiger partial charge on any atom is -0.319 e. The van der Waals surface area contributed by atoms with Crippen LogP contribution in [0.5, 0.6) is 0 Å². The largest absolute Gasteiger partial charge is 0.545 e. The lowest BCUT2D eigenvalue weighted by Gasteiger charge is -1.85. The second kappa shape index (κ2) is 2.91. The summed E-state index contributed by atoms with van der Waals surface area (Å²) in [4.78, 5) is 25.7. The fourth-order valence-electron chi connectivity index (χ4n) is 0.504. The lowest BCUT2D eigenvalue weighted by molar-refractivity contribution is -0.847. The topological polar surface area (TPSA) is 59.3 Å². The Morgan fingerprint density at radius 2 is 2.36 bits per heavy atom. The second-order valence-electron chi connectivity index (χ2n) is 1.74. The number of amides is 1. The zero-order chi connectivity index (χ0) is 8.43. The van der Waals surface area contributed by atoms with Crippen molar-refractivity contribution in [3.05, 3.63) is 10.4 Å². The molecule has 11 heavy (non-hydrogen) atoms. The Labute approximate surface area is 67.0 Å². The summed E-state index contributed by atoms with van der Waals surface area (Å²) in [5.74, 6) is 0. The molecule has 1 aromatic rings. The first-order valence-corrected chi connectivity index (χ1v) is 4.08. The highest BCUT2D eigenvalue weighted by molar-refractivity contribution is 7.98. The summed E-state index contributed by atoms with van der Waals surface area (Å²) in [6, 6.07) is 0. The Hall–Kier alpha value is -1.04. The molecule has 0 spiro atoms. The summed E-state index contributed by atoms with van der Waals surface area (Å²) in [6.07, 6.45) is 1.10. The molecule has 1 rings (SSSR count). The van der Waals surface area contributed by atoms with Crippen molar-refractivity contribution in [2.45, 2.75) is 5.03 Å². The second-order valence-corrected chi connectivity index (χ2v) is 2.53. The molecule has 6 heteroatoms. The first-order chi connectivity index (χ1) is 5.20. The van der Waals surface area contributed by atoms with Gasteiger partial charge in [0.2, 0.25) is 0 Å². The maximum atomic E-state index is 10.7. The Balaban J connectivity index is 2.52. The van der Waals surface area contributed by atoms with Gasteiger partial charge in [-0.15, -0.1) is 0 Å². The number of nitrogens with one attached hydrogen (secondary N) is 1. The molecule has 60 valence electrons. The van der Waals surface area contributed by atoms with Crippen LogP contribution < -0.4 is 20.4 Å². The van der Waals surface area contributed by atoms with Gasteiger partial charge in [0, 0.05) is 7.05 Å². The van der Waals surface area contributed by atoms with E-state index in [4.69, 9.17) is 0 Å². The molecule has 0 saturated heterocycles. The fourth-order valence-corrected chi connectivity index (χ4v) is 1.00. The van der Waals surface area contributed by atoms with Gasteiger partial charge in [-0.1, -0.05) is 0 Å². The number of hydrogen-bond donors (Lipinski definition) is 1. The third-order valence-electron chi connectivity index (χ3n) is 1.07. The van der Waals surface area contributed by atoms with Gasteiger partial charge in [0.15, 0.2) is 0 Å². The SMILES string of the molecule is CNC(=O)O[n+]1c(SC)c1=O. The van der Waals surface area contributed by atoms with Crippen LogP contribution in [0.1, 0.15) is 0 Å². The van der Waals surface area contributed by atoms with Crippen LogP contribution in [0.4, 0.5) is 4.79 Å². The number of hydrogen-bond acceptors (Lipinski definition) is 4. The van der Waals surface area contributed by atoms with E-state index in [-0.39, 0.29) is 5.56 Å². The van der Waals surface area contributed by atoms with E-state index in [0.29, 0.717) is 5.03 Å². The van der Waals surface area contributed by atoms with Crippen molar-refractivity contribution < 1.29 is 14.4 Å². The highest BCUT2D eigenvalue weighted by Gasteiger charge is 2.41. The molecule has 0 bridgehead atoms. The zero-order valence-electron chi connectivity index (χ0n) is 6.08. The molecule has 0 aliphatic rings. The van der Waals surface area contributed by atoms with Crippen molar-refractivity contribution in [1.29, 1.82) is 0 Å². The first-order valence-electron chi connectivity index (χ1n) is 2.85. The summed E-state index contributed by atoms with van der Waals surface area (Å²) in [5.41, 5.74) is -0.249. The molecular weight excluding hydrogens is 168 g/mol. The Morgan fingerprint density at radius 1 is 1.73 bits per heavy atom. The Morgan fingerprint density at radius 3 is 2.73 bits per heavy atom. The molecule has 0 aliphatic heterocycles. The van der Waals surface area contributed by atoms with Crippen LogP contribution in [-0.4, -0.2) is 19.4 Å². The standard InChI is InChI=1S/C5H6N2O3S/c1-6-5(9)10-7-3(8)4(7)11-2/h1-2H3/p+1. The first kappa shape index (κ1) is 8.06. The molecule has 0 fully saturated rings. The molecule has 0 aromatic carbocycles. The van der Waals surface area contributed by atoms with Crippen LogP contribution in [0, 0.1) is 0 Å². The maximum absolute atomic E-state index is 10.7. The number of aromatic nitrogens is 1. The number of carbonyl (C=O) groups is 1. The van der Waals surface area contributed by atoms with Gasteiger partial charge < -0.3 is 5.32 Å². The molecule has 1 N–H and O–H groups in total. The molecule has 1 heterocycles. The van der Waals surface area contributed by atoms with Crippen molar-refractivity contribution in [2.75, 3.05) is 13.3 Å². The summed E-state index contributed by atoms with van der Waals surface area (Å²) < 4.78 is 0.948. The molecule has 0 saturated carbocycles. The number of nitrogens with zero attached hydrogens (tertiary/aromatic N) is 1. The average Bonchev–Trinajstić information content (AvgIpc) is 2.61. The normalized spacial score (nSPS) is 10.0. The highest BCUT2D eigenvalue weighted by Crippen LogP contribution is 2.03. The molecule has 0 aliphatic carbocycles. The minimum atomic E-state index is -0.637. The third kappa shape index (κ3) is 1.51. The number of thioether (sulfide) groups is 1. The van der Waals surface area contributed by atoms with Crippen LogP contribution in [0.2, 0.25) is 0 Å². The van der Waals surface area contributed by atoms with Gasteiger partial charge in [-0.2, -0.15) is 4.84 Å². The smallest absolute Gasteiger partial charge is 0.319 e. The van der Waals surface area contributed by atoms with E-state index in [1.807, 2.05) is 0 Å². The lowest BCUT2D eigenvalue weighted by Crippen LogP contribution is -2.46. The Kier molecular flexibility index (Phi) is 2.13.